The van der Waals surface area contributed by atoms with Crippen LogP contribution >= 0.6 is 27.5 Å². The molecule has 0 heterocycles. The summed E-state index contributed by atoms with van der Waals surface area (Å²) in [5.74, 6) is 0.0445. The van der Waals surface area contributed by atoms with Crippen LogP contribution in [-0.2, 0) is 0 Å². The van der Waals surface area contributed by atoms with Gasteiger partial charge in [-0.3, -0.25) is 4.79 Å². The van der Waals surface area contributed by atoms with Gasteiger partial charge in [-0.15, -0.1) is 0 Å². The predicted molar refractivity (Wildman–Crippen MR) is 75.6 cm³/mol. The third kappa shape index (κ3) is 4.00. The largest absolute Gasteiger partial charge is 0.339 e. The fraction of sp³-hybridized carbons (Fsp3) is 0.462. The molecule has 0 saturated heterocycles. The number of halogens is 2. The second kappa shape index (κ2) is 7.02. The molecule has 0 aliphatic rings. The van der Waals surface area contributed by atoms with E-state index in [0.717, 1.165) is 30.4 Å². The zero-order valence-electron chi connectivity index (χ0n) is 10.2. The Balaban J connectivity index is 2.95. The Labute approximate surface area is 116 Å². The monoisotopic (exact) mass is 317 g/mol. The highest BCUT2D eigenvalue weighted by atomic mass is 79.9. The summed E-state index contributed by atoms with van der Waals surface area (Å²) in [7, 11) is 0. The average molecular weight is 319 g/mol. The van der Waals surface area contributed by atoms with Crippen LogP contribution in [0.5, 0.6) is 0 Å². The molecule has 0 fully saturated rings. The van der Waals surface area contributed by atoms with Gasteiger partial charge in [0.1, 0.15) is 0 Å². The summed E-state index contributed by atoms with van der Waals surface area (Å²) in [4.78, 5) is 14.2. The van der Waals surface area contributed by atoms with Crippen molar-refractivity contribution in [2.45, 2.75) is 26.7 Å². The lowest BCUT2D eigenvalue weighted by Crippen LogP contribution is -2.32. The number of nitrogens with zero attached hydrogens (tertiary/aromatic N) is 1. The number of benzene rings is 1. The van der Waals surface area contributed by atoms with Crippen LogP contribution in [0.15, 0.2) is 22.7 Å². The van der Waals surface area contributed by atoms with Crippen LogP contribution < -0.4 is 0 Å². The van der Waals surface area contributed by atoms with Crippen molar-refractivity contribution in [2.24, 2.45) is 0 Å². The maximum atomic E-state index is 12.3. The Morgan fingerprint density at radius 1 is 1.29 bits per heavy atom. The minimum Gasteiger partial charge on any atom is -0.339 e. The molecule has 0 atom stereocenters. The third-order valence-corrected chi connectivity index (χ3v) is 3.36. The van der Waals surface area contributed by atoms with Gasteiger partial charge in [-0.05, 0) is 47.0 Å². The fourth-order valence-electron chi connectivity index (χ4n) is 1.69. The number of carbonyl (C=O) groups is 1. The molecule has 0 spiro atoms. The molecule has 0 aliphatic heterocycles. The van der Waals surface area contributed by atoms with E-state index in [-0.39, 0.29) is 5.91 Å². The zero-order chi connectivity index (χ0) is 12.8. The summed E-state index contributed by atoms with van der Waals surface area (Å²) in [5.41, 5.74) is 0.638. The van der Waals surface area contributed by atoms with Gasteiger partial charge in [-0.1, -0.05) is 25.4 Å². The Morgan fingerprint density at radius 2 is 1.88 bits per heavy atom. The van der Waals surface area contributed by atoms with Crippen LogP contribution in [-0.4, -0.2) is 23.9 Å². The molecule has 1 aromatic rings. The van der Waals surface area contributed by atoms with Crippen LogP contribution in [0, 0.1) is 0 Å². The molecule has 1 rings (SSSR count). The maximum Gasteiger partial charge on any atom is 0.255 e. The second-order valence-electron chi connectivity index (χ2n) is 3.92. The molecule has 0 N–H and O–H groups in total. The molecular weight excluding hydrogens is 302 g/mol. The Hall–Kier alpha value is -0.540. The molecule has 0 aliphatic carbocycles. The van der Waals surface area contributed by atoms with Crippen LogP contribution in [0.4, 0.5) is 0 Å². The van der Waals surface area contributed by atoms with E-state index in [0.29, 0.717) is 10.6 Å². The van der Waals surface area contributed by atoms with Crippen molar-refractivity contribution in [3.05, 3.63) is 33.3 Å². The van der Waals surface area contributed by atoms with Gasteiger partial charge in [0.2, 0.25) is 0 Å². The van der Waals surface area contributed by atoms with Crippen molar-refractivity contribution in [1.29, 1.82) is 0 Å². The molecule has 0 aromatic heterocycles. The van der Waals surface area contributed by atoms with Crippen LogP contribution in [0.3, 0.4) is 0 Å². The van der Waals surface area contributed by atoms with Crippen molar-refractivity contribution in [1.82, 2.24) is 4.90 Å². The van der Waals surface area contributed by atoms with Crippen molar-refractivity contribution in [3.63, 3.8) is 0 Å². The number of hydrogen-bond acceptors (Lipinski definition) is 1. The predicted octanol–water partition coefficient (Wildman–Crippen LogP) is 4.36. The minimum atomic E-state index is 0.0445. The molecule has 1 aromatic carbocycles. The maximum absolute atomic E-state index is 12.3. The smallest absolute Gasteiger partial charge is 0.255 e. The van der Waals surface area contributed by atoms with Crippen LogP contribution in [0.1, 0.15) is 37.0 Å². The van der Waals surface area contributed by atoms with Crippen LogP contribution in [0.25, 0.3) is 0 Å². The summed E-state index contributed by atoms with van der Waals surface area (Å²) >= 11 is 9.32. The Morgan fingerprint density at radius 3 is 2.41 bits per heavy atom. The van der Waals surface area contributed by atoms with Crippen molar-refractivity contribution < 1.29 is 4.79 Å². The zero-order valence-corrected chi connectivity index (χ0v) is 12.5. The lowest BCUT2D eigenvalue weighted by molar-refractivity contribution is 0.0754. The molecule has 0 unspecified atom stereocenters. The van der Waals surface area contributed by atoms with Crippen molar-refractivity contribution >= 4 is 33.4 Å². The fourth-order valence-corrected chi connectivity index (χ4v) is 2.27. The van der Waals surface area contributed by atoms with E-state index >= 15 is 0 Å². The van der Waals surface area contributed by atoms with E-state index in [1.54, 1.807) is 12.1 Å². The number of hydrogen-bond donors (Lipinski definition) is 0. The second-order valence-corrected chi connectivity index (χ2v) is 5.21. The summed E-state index contributed by atoms with van der Waals surface area (Å²) in [6.45, 7) is 5.71. The van der Waals surface area contributed by atoms with E-state index in [1.807, 2.05) is 11.0 Å². The number of amides is 1. The van der Waals surface area contributed by atoms with E-state index in [2.05, 4.69) is 29.8 Å². The van der Waals surface area contributed by atoms with Gasteiger partial charge in [0.15, 0.2) is 0 Å². The topological polar surface area (TPSA) is 20.3 Å². The van der Waals surface area contributed by atoms with Gasteiger partial charge >= 0.3 is 0 Å². The number of carbonyl (C=O) groups excluding carboxylic acids is 1. The highest BCUT2D eigenvalue weighted by molar-refractivity contribution is 9.10. The molecule has 0 radical (unpaired) electrons. The molecule has 17 heavy (non-hydrogen) atoms. The third-order valence-electron chi connectivity index (χ3n) is 2.43. The molecular formula is C13H17BrClNO. The summed E-state index contributed by atoms with van der Waals surface area (Å²) in [6.07, 6.45) is 1.92. The molecule has 1 amide bonds. The average Bonchev–Trinajstić information content (AvgIpc) is 2.31. The number of rotatable bonds is 5. The minimum absolute atomic E-state index is 0.0445. The summed E-state index contributed by atoms with van der Waals surface area (Å²) < 4.78 is 0.795. The lowest BCUT2D eigenvalue weighted by Gasteiger charge is -2.22. The molecule has 4 heteroatoms. The van der Waals surface area contributed by atoms with Gasteiger partial charge in [0, 0.05) is 22.6 Å². The quantitative estimate of drug-likeness (QED) is 0.789. The molecule has 0 bridgehead atoms. The van der Waals surface area contributed by atoms with Gasteiger partial charge < -0.3 is 4.90 Å². The van der Waals surface area contributed by atoms with E-state index in [4.69, 9.17) is 11.6 Å². The van der Waals surface area contributed by atoms with Gasteiger partial charge in [-0.25, -0.2) is 0 Å². The van der Waals surface area contributed by atoms with Gasteiger partial charge in [0.25, 0.3) is 5.91 Å². The van der Waals surface area contributed by atoms with Crippen molar-refractivity contribution in [3.8, 4) is 0 Å². The van der Waals surface area contributed by atoms with Gasteiger partial charge in [0.05, 0.1) is 5.56 Å². The summed E-state index contributed by atoms with van der Waals surface area (Å²) in [6, 6.07) is 5.30. The molecule has 2 nitrogen and oxygen atoms in total. The lowest BCUT2D eigenvalue weighted by atomic mass is 10.2. The molecule has 0 saturated carbocycles. The van der Waals surface area contributed by atoms with E-state index in [1.165, 1.54) is 0 Å². The Kier molecular flexibility index (Phi) is 6.00. The first-order valence-corrected chi connectivity index (χ1v) is 7.01. The first-order valence-electron chi connectivity index (χ1n) is 5.84. The van der Waals surface area contributed by atoms with E-state index in [9.17, 15) is 4.79 Å². The highest BCUT2D eigenvalue weighted by Crippen LogP contribution is 2.22. The first kappa shape index (κ1) is 14.5. The van der Waals surface area contributed by atoms with Gasteiger partial charge in [-0.2, -0.15) is 0 Å². The SMILES string of the molecule is CCCN(CCC)C(=O)c1cc(Cl)ccc1Br. The molecule has 94 valence electrons. The standard InChI is InChI=1S/C13H17BrClNO/c1-3-7-16(8-4-2)13(17)11-9-10(15)5-6-12(11)14/h5-6,9H,3-4,7-8H2,1-2H3. The van der Waals surface area contributed by atoms with E-state index < -0.39 is 0 Å². The van der Waals surface area contributed by atoms with Crippen LogP contribution in [0.2, 0.25) is 5.02 Å². The van der Waals surface area contributed by atoms with Crippen molar-refractivity contribution in [2.75, 3.05) is 13.1 Å². The normalized spacial score (nSPS) is 10.4. The first-order chi connectivity index (χ1) is 8.10. The summed E-state index contributed by atoms with van der Waals surface area (Å²) in [5, 5.41) is 0.587. The highest BCUT2D eigenvalue weighted by Gasteiger charge is 2.17. The Bertz CT molecular complexity index is 389.